The fourth-order valence-electron chi connectivity index (χ4n) is 0.880. The monoisotopic (exact) mass is 224 g/mol. The molecular formula is C11H9FO2S. The fourth-order valence-corrected chi connectivity index (χ4v) is 1.23. The Labute approximate surface area is 91.5 Å². The second kappa shape index (κ2) is 5.42. The largest absolute Gasteiger partial charge is 0.507 e. The van der Waals surface area contributed by atoms with Crippen molar-refractivity contribution in [3.05, 3.63) is 29.6 Å². The van der Waals surface area contributed by atoms with Crippen LogP contribution in [-0.2, 0) is 4.79 Å². The summed E-state index contributed by atoms with van der Waals surface area (Å²) in [6, 6.07) is 3.63. The molecule has 0 aromatic heterocycles. The lowest BCUT2D eigenvalue weighted by molar-refractivity contribution is -0.109. The Hall–Kier alpha value is -1.47. The number of hydrogen-bond acceptors (Lipinski definition) is 3. The van der Waals surface area contributed by atoms with Crippen LogP contribution in [-0.4, -0.2) is 16.0 Å². The Morgan fingerprint density at radius 3 is 2.93 bits per heavy atom. The third-order valence-corrected chi connectivity index (χ3v) is 2.23. The zero-order chi connectivity index (χ0) is 11.3. The average molecular weight is 224 g/mol. The molecule has 0 saturated carbocycles. The molecule has 78 valence electrons. The second-order valence-corrected chi connectivity index (χ2v) is 3.90. The maximum Gasteiger partial charge on any atom is 0.186 e. The highest BCUT2D eigenvalue weighted by Gasteiger charge is 1.98. The molecule has 0 amide bonds. The molecule has 15 heavy (non-hydrogen) atoms. The van der Waals surface area contributed by atoms with Crippen LogP contribution in [0.25, 0.3) is 0 Å². The molecule has 1 aromatic carbocycles. The Morgan fingerprint density at radius 2 is 2.33 bits per heavy atom. The summed E-state index contributed by atoms with van der Waals surface area (Å²) in [6.07, 6.45) is 0. The number of benzene rings is 1. The van der Waals surface area contributed by atoms with Crippen LogP contribution < -0.4 is 0 Å². The number of rotatable bonds is 1. The van der Waals surface area contributed by atoms with Crippen molar-refractivity contribution in [1.82, 2.24) is 0 Å². The Morgan fingerprint density at radius 1 is 1.60 bits per heavy atom. The molecule has 0 heterocycles. The van der Waals surface area contributed by atoms with Gasteiger partial charge in [-0.2, -0.15) is 0 Å². The first-order chi connectivity index (χ1) is 7.09. The van der Waals surface area contributed by atoms with Gasteiger partial charge in [-0.05, 0) is 12.1 Å². The minimum absolute atomic E-state index is 0.00683. The summed E-state index contributed by atoms with van der Waals surface area (Å²) in [7, 11) is 0. The Balaban J connectivity index is 2.67. The van der Waals surface area contributed by atoms with Gasteiger partial charge in [0.2, 0.25) is 0 Å². The van der Waals surface area contributed by atoms with Crippen LogP contribution in [0.2, 0.25) is 0 Å². The zero-order valence-electron chi connectivity index (χ0n) is 8.08. The van der Waals surface area contributed by atoms with Crippen molar-refractivity contribution in [3.63, 3.8) is 0 Å². The van der Waals surface area contributed by atoms with Crippen molar-refractivity contribution in [1.29, 1.82) is 0 Å². The summed E-state index contributed by atoms with van der Waals surface area (Å²) in [5.74, 6) is 5.04. The number of aromatic hydroxyl groups is 1. The van der Waals surface area contributed by atoms with Gasteiger partial charge in [0.25, 0.3) is 0 Å². The molecule has 0 radical (unpaired) electrons. The lowest BCUT2D eigenvalue weighted by Crippen LogP contribution is -1.83. The number of phenolic OH excluding ortho intramolecular Hbond substituents is 1. The third-order valence-electron chi connectivity index (χ3n) is 1.53. The molecule has 0 fully saturated rings. The van der Waals surface area contributed by atoms with E-state index in [1.54, 1.807) is 0 Å². The summed E-state index contributed by atoms with van der Waals surface area (Å²) in [5.41, 5.74) is 0.362. The first-order valence-electron chi connectivity index (χ1n) is 4.20. The standard InChI is InChI=1S/C11H9FO2S/c1-8(13)15-6-2-3-9-4-5-10(12)7-11(9)14/h4-5,7,14H,6H2,1H3. The highest BCUT2D eigenvalue weighted by Crippen LogP contribution is 2.16. The molecule has 1 rings (SSSR count). The van der Waals surface area contributed by atoms with Gasteiger partial charge in [0.1, 0.15) is 11.6 Å². The van der Waals surface area contributed by atoms with Gasteiger partial charge in [-0.3, -0.25) is 4.79 Å². The van der Waals surface area contributed by atoms with Crippen molar-refractivity contribution in [2.75, 3.05) is 5.75 Å². The predicted octanol–water partition coefficient (Wildman–Crippen LogP) is 2.16. The fraction of sp³-hybridized carbons (Fsp3) is 0.182. The first-order valence-corrected chi connectivity index (χ1v) is 5.19. The molecule has 0 spiro atoms. The van der Waals surface area contributed by atoms with E-state index in [9.17, 15) is 14.3 Å². The maximum absolute atomic E-state index is 12.6. The van der Waals surface area contributed by atoms with E-state index in [2.05, 4.69) is 11.8 Å². The minimum atomic E-state index is -0.504. The highest BCUT2D eigenvalue weighted by atomic mass is 32.2. The van der Waals surface area contributed by atoms with Crippen LogP contribution >= 0.6 is 11.8 Å². The molecule has 0 aliphatic rings. The van der Waals surface area contributed by atoms with Crippen molar-refractivity contribution in [2.45, 2.75) is 6.92 Å². The molecule has 1 N–H and O–H groups in total. The third kappa shape index (κ3) is 4.05. The molecule has 4 heteroatoms. The van der Waals surface area contributed by atoms with Crippen molar-refractivity contribution in [2.24, 2.45) is 0 Å². The van der Waals surface area contributed by atoms with Gasteiger partial charge >= 0.3 is 0 Å². The van der Waals surface area contributed by atoms with E-state index >= 15 is 0 Å². The molecular weight excluding hydrogens is 215 g/mol. The van der Waals surface area contributed by atoms with E-state index in [4.69, 9.17) is 0 Å². The van der Waals surface area contributed by atoms with Crippen LogP contribution in [0.1, 0.15) is 12.5 Å². The number of phenols is 1. The van der Waals surface area contributed by atoms with E-state index in [1.165, 1.54) is 19.1 Å². The summed E-state index contributed by atoms with van der Waals surface area (Å²) in [4.78, 5) is 10.6. The van der Waals surface area contributed by atoms with Crippen LogP contribution in [0.15, 0.2) is 18.2 Å². The van der Waals surface area contributed by atoms with Gasteiger partial charge < -0.3 is 5.11 Å². The number of thioether (sulfide) groups is 1. The van der Waals surface area contributed by atoms with E-state index in [0.717, 1.165) is 17.8 Å². The maximum atomic E-state index is 12.6. The van der Waals surface area contributed by atoms with Gasteiger partial charge in [-0.25, -0.2) is 4.39 Å². The van der Waals surface area contributed by atoms with E-state index in [0.29, 0.717) is 11.3 Å². The second-order valence-electron chi connectivity index (χ2n) is 2.74. The molecule has 1 aromatic rings. The Bertz CT molecular complexity index is 432. The number of carbonyl (C=O) groups excluding carboxylic acids is 1. The van der Waals surface area contributed by atoms with Crippen LogP contribution in [0.5, 0.6) is 5.75 Å². The summed E-state index contributed by atoms with van der Waals surface area (Å²) in [5, 5.41) is 9.28. The highest BCUT2D eigenvalue weighted by molar-refractivity contribution is 8.13. The van der Waals surface area contributed by atoms with Crippen LogP contribution in [0.3, 0.4) is 0 Å². The molecule has 0 saturated heterocycles. The van der Waals surface area contributed by atoms with Crippen molar-refractivity contribution < 1.29 is 14.3 Å². The van der Waals surface area contributed by atoms with Crippen molar-refractivity contribution in [3.8, 4) is 17.6 Å². The topological polar surface area (TPSA) is 37.3 Å². The summed E-state index contributed by atoms with van der Waals surface area (Å²) in [6.45, 7) is 1.46. The SMILES string of the molecule is CC(=O)SCC#Cc1ccc(F)cc1O. The summed E-state index contributed by atoms with van der Waals surface area (Å²) < 4.78 is 12.6. The normalized spacial score (nSPS) is 9.20. The molecule has 2 nitrogen and oxygen atoms in total. The number of hydrogen-bond donors (Lipinski definition) is 1. The van der Waals surface area contributed by atoms with Gasteiger partial charge in [0.15, 0.2) is 5.12 Å². The average Bonchev–Trinajstić information content (AvgIpc) is 2.14. The summed E-state index contributed by atoms with van der Waals surface area (Å²) >= 11 is 1.09. The first kappa shape index (κ1) is 11.6. The van der Waals surface area contributed by atoms with E-state index in [1.807, 2.05) is 0 Å². The minimum Gasteiger partial charge on any atom is -0.507 e. The quantitative estimate of drug-likeness (QED) is 0.743. The van der Waals surface area contributed by atoms with Crippen LogP contribution in [0, 0.1) is 17.7 Å². The lowest BCUT2D eigenvalue weighted by atomic mass is 10.2. The van der Waals surface area contributed by atoms with Gasteiger partial charge in [-0.1, -0.05) is 23.6 Å². The number of halogens is 1. The molecule has 0 aliphatic carbocycles. The van der Waals surface area contributed by atoms with E-state index < -0.39 is 5.82 Å². The van der Waals surface area contributed by atoms with E-state index in [-0.39, 0.29) is 10.9 Å². The lowest BCUT2D eigenvalue weighted by Gasteiger charge is -1.95. The molecule has 0 atom stereocenters. The Kier molecular flexibility index (Phi) is 4.19. The van der Waals surface area contributed by atoms with Gasteiger partial charge in [0, 0.05) is 13.0 Å². The zero-order valence-corrected chi connectivity index (χ0v) is 8.90. The molecule has 0 bridgehead atoms. The van der Waals surface area contributed by atoms with Crippen LogP contribution in [0.4, 0.5) is 4.39 Å². The van der Waals surface area contributed by atoms with Crippen molar-refractivity contribution >= 4 is 16.9 Å². The molecule has 0 unspecified atom stereocenters. The predicted molar refractivity (Wildman–Crippen MR) is 58.1 cm³/mol. The van der Waals surface area contributed by atoms with Gasteiger partial charge in [0.05, 0.1) is 11.3 Å². The van der Waals surface area contributed by atoms with Gasteiger partial charge in [-0.15, -0.1) is 0 Å². The molecule has 0 aliphatic heterocycles. The smallest absolute Gasteiger partial charge is 0.186 e. The number of carbonyl (C=O) groups is 1.